The number of carbonyl (C=O) groups is 2. The Morgan fingerprint density at radius 2 is 1.86 bits per heavy atom. The lowest BCUT2D eigenvalue weighted by Crippen LogP contribution is -2.48. The summed E-state index contributed by atoms with van der Waals surface area (Å²) in [6.07, 6.45) is 1.25. The molecule has 2 aromatic carbocycles. The van der Waals surface area contributed by atoms with E-state index in [0.29, 0.717) is 10.6 Å². The smallest absolute Gasteiger partial charge is 0.262 e. The molecule has 8 heteroatoms. The van der Waals surface area contributed by atoms with E-state index in [1.54, 1.807) is 12.1 Å². The minimum Gasteiger partial charge on any atom is -0.504 e. The summed E-state index contributed by atoms with van der Waals surface area (Å²) in [7, 11) is 1.40. The Morgan fingerprint density at radius 3 is 2.45 bits per heavy atom. The van der Waals surface area contributed by atoms with E-state index < -0.39 is 11.9 Å². The second-order valence-corrected chi connectivity index (χ2v) is 7.28. The molecule has 0 aliphatic rings. The summed E-state index contributed by atoms with van der Waals surface area (Å²) in [4.78, 5) is 25.0. The van der Waals surface area contributed by atoms with Crippen LogP contribution in [0.2, 0.25) is 5.02 Å². The number of phenolic OH excluding ortho intramolecular Hbond substituents is 1. The van der Waals surface area contributed by atoms with Crippen molar-refractivity contribution in [3.05, 3.63) is 58.1 Å². The molecule has 2 aromatic rings. The van der Waals surface area contributed by atoms with Gasteiger partial charge in [-0.1, -0.05) is 43.1 Å². The van der Waals surface area contributed by atoms with Gasteiger partial charge in [-0.15, -0.1) is 0 Å². The first-order valence-corrected chi connectivity index (χ1v) is 9.37. The van der Waals surface area contributed by atoms with E-state index in [-0.39, 0.29) is 28.9 Å². The number of amides is 2. The van der Waals surface area contributed by atoms with Gasteiger partial charge in [-0.2, -0.15) is 5.10 Å². The Kier molecular flexibility index (Phi) is 7.61. The van der Waals surface area contributed by atoms with Crippen molar-refractivity contribution in [1.29, 1.82) is 0 Å². The van der Waals surface area contributed by atoms with Crippen LogP contribution in [0, 0.1) is 12.8 Å². The molecule has 1 atom stereocenters. The fourth-order valence-electron chi connectivity index (χ4n) is 2.55. The number of nitrogens with zero attached hydrogens (tertiary/aromatic N) is 1. The summed E-state index contributed by atoms with van der Waals surface area (Å²) in [5, 5.41) is 17.0. The van der Waals surface area contributed by atoms with Crippen LogP contribution < -0.4 is 15.5 Å². The topological polar surface area (TPSA) is 100 Å². The van der Waals surface area contributed by atoms with Gasteiger partial charge in [0.1, 0.15) is 6.04 Å². The number of benzene rings is 2. The second kappa shape index (κ2) is 9.93. The number of carbonyl (C=O) groups excluding carboxylic acids is 2. The van der Waals surface area contributed by atoms with Crippen LogP contribution in [0.5, 0.6) is 11.5 Å². The molecule has 1 unspecified atom stereocenters. The Labute approximate surface area is 174 Å². The fraction of sp³-hybridized carbons (Fsp3) is 0.286. The normalized spacial score (nSPS) is 12.1. The molecule has 0 radical (unpaired) electrons. The van der Waals surface area contributed by atoms with Crippen LogP contribution >= 0.6 is 11.6 Å². The quantitative estimate of drug-likeness (QED) is 0.475. The number of hydrogen-bond acceptors (Lipinski definition) is 5. The van der Waals surface area contributed by atoms with Crippen molar-refractivity contribution in [2.75, 3.05) is 7.11 Å². The summed E-state index contributed by atoms with van der Waals surface area (Å²) < 4.78 is 5.03. The van der Waals surface area contributed by atoms with Crippen LogP contribution in [0.3, 0.4) is 0 Å². The average Bonchev–Trinajstić information content (AvgIpc) is 2.68. The maximum atomic E-state index is 12.5. The number of methoxy groups -OCH3 is 1. The molecular weight excluding hydrogens is 394 g/mol. The van der Waals surface area contributed by atoms with E-state index in [1.165, 1.54) is 25.5 Å². The van der Waals surface area contributed by atoms with Crippen molar-refractivity contribution in [2.45, 2.75) is 26.8 Å². The third-order valence-corrected chi connectivity index (χ3v) is 4.44. The highest BCUT2D eigenvalue weighted by Crippen LogP contribution is 2.32. The molecule has 7 nitrogen and oxygen atoms in total. The number of hydrogen-bond donors (Lipinski definition) is 3. The van der Waals surface area contributed by atoms with E-state index in [9.17, 15) is 14.7 Å². The third kappa shape index (κ3) is 5.96. The van der Waals surface area contributed by atoms with Gasteiger partial charge in [0, 0.05) is 22.2 Å². The maximum absolute atomic E-state index is 12.5. The van der Waals surface area contributed by atoms with Gasteiger partial charge in [-0.25, -0.2) is 5.43 Å². The van der Waals surface area contributed by atoms with Gasteiger partial charge in [-0.05, 0) is 31.0 Å². The molecule has 0 saturated carbocycles. The first-order valence-electron chi connectivity index (χ1n) is 9.00. The highest BCUT2D eigenvalue weighted by molar-refractivity contribution is 6.31. The third-order valence-electron chi connectivity index (χ3n) is 4.22. The first-order chi connectivity index (χ1) is 13.7. The van der Waals surface area contributed by atoms with Gasteiger partial charge >= 0.3 is 0 Å². The maximum Gasteiger partial charge on any atom is 0.262 e. The molecule has 3 N–H and O–H groups in total. The lowest BCUT2D eigenvalue weighted by Gasteiger charge is -2.20. The van der Waals surface area contributed by atoms with Crippen molar-refractivity contribution < 1.29 is 19.4 Å². The number of rotatable bonds is 7. The van der Waals surface area contributed by atoms with Crippen LogP contribution in [0.1, 0.15) is 35.3 Å². The lowest BCUT2D eigenvalue weighted by atomic mass is 10.0. The summed E-state index contributed by atoms with van der Waals surface area (Å²) in [6, 6.07) is 9.21. The number of aryl methyl sites for hydroxylation is 1. The average molecular weight is 418 g/mol. The number of ether oxygens (including phenoxy) is 1. The zero-order valence-corrected chi connectivity index (χ0v) is 17.4. The summed E-state index contributed by atoms with van der Waals surface area (Å²) in [5.74, 6) is -0.955. The van der Waals surface area contributed by atoms with E-state index in [2.05, 4.69) is 15.8 Å². The summed E-state index contributed by atoms with van der Waals surface area (Å²) in [5.41, 5.74) is 4.16. The Hall–Kier alpha value is -3.06. The van der Waals surface area contributed by atoms with E-state index in [1.807, 2.05) is 32.9 Å². The minimum atomic E-state index is -0.788. The molecule has 0 aliphatic heterocycles. The van der Waals surface area contributed by atoms with Crippen LogP contribution in [0.15, 0.2) is 41.5 Å². The Morgan fingerprint density at radius 1 is 1.21 bits per heavy atom. The first kappa shape index (κ1) is 22.2. The predicted molar refractivity (Wildman–Crippen MR) is 113 cm³/mol. The van der Waals surface area contributed by atoms with E-state index in [0.717, 1.165) is 5.56 Å². The van der Waals surface area contributed by atoms with Crippen LogP contribution in [0.25, 0.3) is 0 Å². The van der Waals surface area contributed by atoms with E-state index in [4.69, 9.17) is 16.3 Å². The monoisotopic (exact) mass is 417 g/mol. The predicted octanol–water partition coefficient (Wildman–Crippen LogP) is 3.27. The lowest BCUT2D eigenvalue weighted by molar-refractivity contribution is -0.123. The number of halogens is 1. The van der Waals surface area contributed by atoms with Crippen molar-refractivity contribution in [3.8, 4) is 11.5 Å². The van der Waals surface area contributed by atoms with Gasteiger partial charge in [0.25, 0.3) is 11.8 Å². The number of phenols is 1. The molecule has 0 aliphatic carbocycles. The molecule has 2 amide bonds. The van der Waals surface area contributed by atoms with Crippen LogP contribution in [-0.4, -0.2) is 36.3 Å². The summed E-state index contributed by atoms with van der Waals surface area (Å²) >= 11 is 5.97. The van der Waals surface area contributed by atoms with Gasteiger partial charge in [0.05, 0.1) is 13.3 Å². The molecule has 0 spiro atoms. The van der Waals surface area contributed by atoms with Crippen molar-refractivity contribution >= 4 is 29.6 Å². The van der Waals surface area contributed by atoms with Gasteiger partial charge in [-0.3, -0.25) is 9.59 Å². The zero-order chi connectivity index (χ0) is 21.6. The van der Waals surface area contributed by atoms with Crippen LogP contribution in [0.4, 0.5) is 0 Å². The number of aromatic hydroxyl groups is 1. The molecule has 0 bridgehead atoms. The van der Waals surface area contributed by atoms with E-state index >= 15 is 0 Å². The summed E-state index contributed by atoms with van der Waals surface area (Å²) in [6.45, 7) is 5.56. The van der Waals surface area contributed by atoms with Gasteiger partial charge in [0.15, 0.2) is 11.5 Å². The SMILES string of the molecule is COc1cc(Cl)cc(/C=N/NC(=O)C(NC(=O)c2ccc(C)cc2)C(C)C)c1O. The van der Waals surface area contributed by atoms with Crippen LogP contribution in [-0.2, 0) is 4.79 Å². The molecule has 154 valence electrons. The Balaban J connectivity index is 2.08. The molecule has 29 heavy (non-hydrogen) atoms. The fourth-order valence-corrected chi connectivity index (χ4v) is 2.76. The molecule has 0 fully saturated rings. The number of nitrogens with one attached hydrogen (secondary N) is 2. The second-order valence-electron chi connectivity index (χ2n) is 6.84. The molecule has 0 heterocycles. The minimum absolute atomic E-state index is 0.150. The van der Waals surface area contributed by atoms with Gasteiger partial charge < -0.3 is 15.2 Å². The molecular formula is C21H24ClN3O4. The molecule has 0 aromatic heterocycles. The highest BCUT2D eigenvalue weighted by Gasteiger charge is 2.24. The van der Waals surface area contributed by atoms with Crippen molar-refractivity contribution in [3.63, 3.8) is 0 Å². The highest BCUT2D eigenvalue weighted by atomic mass is 35.5. The number of hydrazone groups is 1. The van der Waals surface area contributed by atoms with Crippen molar-refractivity contribution in [2.24, 2.45) is 11.0 Å². The van der Waals surface area contributed by atoms with Crippen molar-refractivity contribution in [1.82, 2.24) is 10.7 Å². The molecule has 2 rings (SSSR count). The zero-order valence-electron chi connectivity index (χ0n) is 16.7. The largest absolute Gasteiger partial charge is 0.504 e. The Bertz CT molecular complexity index is 911. The standard InChI is InChI=1S/C21H24ClN3O4/c1-12(2)18(24-20(27)14-7-5-13(3)6-8-14)21(28)25-23-11-15-9-16(22)10-17(29-4)19(15)26/h5-12,18,26H,1-4H3,(H,24,27)(H,25,28)/b23-11+. The molecule has 0 saturated heterocycles. The van der Waals surface area contributed by atoms with Gasteiger partial charge in [0.2, 0.25) is 0 Å².